The predicted octanol–water partition coefficient (Wildman–Crippen LogP) is 1.42. The van der Waals surface area contributed by atoms with Crippen LogP contribution in [0.3, 0.4) is 0 Å². The molecule has 0 atom stereocenters. The van der Waals surface area contributed by atoms with E-state index in [-0.39, 0.29) is 0 Å². The molecule has 3 N–H and O–H groups in total. The van der Waals surface area contributed by atoms with Crippen molar-refractivity contribution in [2.24, 2.45) is 5.73 Å². The average molecular weight is 176 g/mol. The van der Waals surface area contributed by atoms with E-state index in [9.17, 15) is 0 Å². The van der Waals surface area contributed by atoms with Crippen LogP contribution in [0.5, 0.6) is 0 Å². The molecule has 0 bridgehead atoms. The maximum atomic E-state index is 5.49. The van der Waals surface area contributed by atoms with Gasteiger partial charge in [-0.25, -0.2) is 0 Å². The molecule has 0 unspecified atom stereocenters. The summed E-state index contributed by atoms with van der Waals surface area (Å²) >= 11 is 0. The average Bonchev–Trinajstić information content (AvgIpc) is 2.19. The van der Waals surface area contributed by atoms with Crippen molar-refractivity contribution in [3.63, 3.8) is 0 Å². The van der Waals surface area contributed by atoms with Crippen LogP contribution in [-0.2, 0) is 13.1 Å². The first-order chi connectivity index (χ1) is 6.36. The van der Waals surface area contributed by atoms with Crippen molar-refractivity contribution >= 4 is 0 Å². The van der Waals surface area contributed by atoms with Crippen LogP contribution in [0.2, 0.25) is 0 Å². The molecular weight excluding hydrogens is 160 g/mol. The second-order valence-electron chi connectivity index (χ2n) is 2.94. The number of nitrogens with two attached hydrogens (primary N) is 1. The van der Waals surface area contributed by atoms with Gasteiger partial charge in [0.05, 0.1) is 0 Å². The first kappa shape index (κ1) is 9.96. The van der Waals surface area contributed by atoms with Crippen LogP contribution in [0, 0.1) is 0 Å². The maximum absolute atomic E-state index is 5.49. The summed E-state index contributed by atoms with van der Waals surface area (Å²) in [5.74, 6) is 0. The fourth-order valence-electron chi connectivity index (χ4n) is 1.11. The monoisotopic (exact) mass is 176 g/mol. The van der Waals surface area contributed by atoms with E-state index >= 15 is 0 Å². The molecule has 13 heavy (non-hydrogen) atoms. The van der Waals surface area contributed by atoms with E-state index in [1.54, 1.807) is 0 Å². The van der Waals surface area contributed by atoms with Crippen molar-refractivity contribution in [2.75, 3.05) is 6.54 Å². The first-order valence-corrected chi connectivity index (χ1v) is 4.46. The van der Waals surface area contributed by atoms with Gasteiger partial charge >= 0.3 is 0 Å². The lowest BCUT2D eigenvalue weighted by molar-refractivity contribution is 0.760. The van der Waals surface area contributed by atoms with Crippen LogP contribution in [0.4, 0.5) is 0 Å². The zero-order valence-corrected chi connectivity index (χ0v) is 7.79. The Morgan fingerprint density at radius 3 is 2.38 bits per heavy atom. The van der Waals surface area contributed by atoms with Gasteiger partial charge in [0.1, 0.15) is 0 Å². The molecule has 0 fully saturated rings. The second kappa shape index (κ2) is 5.51. The highest BCUT2D eigenvalue weighted by Crippen LogP contribution is 2.02. The third kappa shape index (κ3) is 3.40. The van der Waals surface area contributed by atoms with Crippen LogP contribution in [-0.4, -0.2) is 6.54 Å². The first-order valence-electron chi connectivity index (χ1n) is 4.46. The van der Waals surface area contributed by atoms with Gasteiger partial charge in [-0.1, -0.05) is 30.3 Å². The third-order valence-electron chi connectivity index (χ3n) is 1.88. The van der Waals surface area contributed by atoms with Gasteiger partial charge in [0, 0.05) is 19.6 Å². The van der Waals surface area contributed by atoms with E-state index in [4.69, 9.17) is 5.73 Å². The van der Waals surface area contributed by atoms with Gasteiger partial charge in [0.2, 0.25) is 0 Å². The van der Waals surface area contributed by atoms with Gasteiger partial charge in [-0.05, 0) is 11.1 Å². The maximum Gasteiger partial charge on any atom is 0.0208 e. The van der Waals surface area contributed by atoms with Crippen LogP contribution < -0.4 is 11.1 Å². The summed E-state index contributed by atoms with van der Waals surface area (Å²) in [6, 6.07) is 8.31. The Kier molecular flexibility index (Phi) is 4.23. The molecule has 0 aliphatic heterocycles. The molecule has 1 aromatic rings. The Morgan fingerprint density at radius 2 is 1.85 bits per heavy atom. The van der Waals surface area contributed by atoms with Gasteiger partial charge < -0.3 is 11.1 Å². The minimum atomic E-state index is 0.611. The second-order valence-corrected chi connectivity index (χ2v) is 2.94. The van der Waals surface area contributed by atoms with Gasteiger partial charge in [0.15, 0.2) is 0 Å². The molecule has 1 aromatic carbocycles. The number of rotatable bonds is 5. The summed E-state index contributed by atoms with van der Waals surface area (Å²) < 4.78 is 0. The molecule has 0 saturated heterocycles. The zero-order valence-electron chi connectivity index (χ0n) is 7.79. The summed E-state index contributed by atoms with van der Waals surface area (Å²) in [4.78, 5) is 0. The number of nitrogens with one attached hydrogen (secondary N) is 1. The molecule has 0 aliphatic carbocycles. The predicted molar refractivity (Wildman–Crippen MR) is 56.2 cm³/mol. The number of benzene rings is 1. The van der Waals surface area contributed by atoms with Crippen molar-refractivity contribution in [2.45, 2.75) is 13.1 Å². The molecule has 0 saturated carbocycles. The highest BCUT2D eigenvalue weighted by molar-refractivity contribution is 5.22. The normalized spacial score (nSPS) is 9.92. The van der Waals surface area contributed by atoms with Gasteiger partial charge in [-0.2, -0.15) is 0 Å². The number of hydrogen-bond acceptors (Lipinski definition) is 2. The minimum absolute atomic E-state index is 0.611. The molecule has 0 amide bonds. The van der Waals surface area contributed by atoms with Crippen molar-refractivity contribution in [3.05, 3.63) is 48.0 Å². The van der Waals surface area contributed by atoms with Crippen LogP contribution in [0.15, 0.2) is 36.9 Å². The van der Waals surface area contributed by atoms with Crippen molar-refractivity contribution in [1.82, 2.24) is 5.32 Å². The van der Waals surface area contributed by atoms with Gasteiger partial charge in [-0.3, -0.25) is 0 Å². The quantitative estimate of drug-likeness (QED) is 0.526. The standard InChI is InChI=1S/C11H16N2/c1-2-7-13-9-11-5-3-10(8-12)4-6-11/h2-6,13H,1,7-9,12H2. The Balaban J connectivity index is 2.44. The molecule has 2 nitrogen and oxygen atoms in total. The lowest BCUT2D eigenvalue weighted by Gasteiger charge is -2.02. The zero-order chi connectivity index (χ0) is 9.52. The SMILES string of the molecule is C=CCNCc1ccc(CN)cc1. The highest BCUT2D eigenvalue weighted by Gasteiger charge is 1.91. The molecule has 0 radical (unpaired) electrons. The summed E-state index contributed by atoms with van der Waals surface area (Å²) in [6.07, 6.45) is 1.86. The molecular formula is C11H16N2. The lowest BCUT2D eigenvalue weighted by atomic mass is 10.1. The lowest BCUT2D eigenvalue weighted by Crippen LogP contribution is -2.12. The van der Waals surface area contributed by atoms with E-state index in [1.165, 1.54) is 11.1 Å². The summed E-state index contributed by atoms with van der Waals surface area (Å²) in [7, 11) is 0. The van der Waals surface area contributed by atoms with Crippen molar-refractivity contribution in [1.29, 1.82) is 0 Å². The van der Waals surface area contributed by atoms with Gasteiger partial charge in [0.25, 0.3) is 0 Å². The summed E-state index contributed by atoms with van der Waals surface area (Å²) in [5, 5.41) is 3.24. The largest absolute Gasteiger partial charge is 0.326 e. The number of hydrogen-bond donors (Lipinski definition) is 2. The van der Waals surface area contributed by atoms with Crippen LogP contribution >= 0.6 is 0 Å². The smallest absolute Gasteiger partial charge is 0.0208 e. The van der Waals surface area contributed by atoms with E-state index in [2.05, 4.69) is 36.2 Å². The molecule has 0 aliphatic rings. The summed E-state index contributed by atoms with van der Waals surface area (Å²) in [6.45, 7) is 5.98. The molecule has 0 spiro atoms. The van der Waals surface area contributed by atoms with Crippen molar-refractivity contribution in [3.8, 4) is 0 Å². The van der Waals surface area contributed by atoms with Crippen LogP contribution in [0.25, 0.3) is 0 Å². The van der Waals surface area contributed by atoms with E-state index in [1.807, 2.05) is 6.08 Å². The third-order valence-corrected chi connectivity index (χ3v) is 1.88. The molecule has 1 rings (SSSR count). The highest BCUT2D eigenvalue weighted by atomic mass is 14.8. The van der Waals surface area contributed by atoms with Crippen molar-refractivity contribution < 1.29 is 0 Å². The molecule has 70 valence electrons. The van der Waals surface area contributed by atoms with E-state index in [0.717, 1.165) is 13.1 Å². The molecule has 0 aromatic heterocycles. The molecule has 0 heterocycles. The summed E-state index contributed by atoms with van der Waals surface area (Å²) in [5.41, 5.74) is 7.94. The molecule has 2 heteroatoms. The fraction of sp³-hybridized carbons (Fsp3) is 0.273. The Morgan fingerprint density at radius 1 is 1.23 bits per heavy atom. The Hall–Kier alpha value is -1.12. The van der Waals surface area contributed by atoms with Crippen LogP contribution in [0.1, 0.15) is 11.1 Å². The fourth-order valence-corrected chi connectivity index (χ4v) is 1.11. The minimum Gasteiger partial charge on any atom is -0.326 e. The van der Waals surface area contributed by atoms with E-state index in [0.29, 0.717) is 6.54 Å². The van der Waals surface area contributed by atoms with Gasteiger partial charge in [-0.15, -0.1) is 6.58 Å². The topological polar surface area (TPSA) is 38.0 Å². The Bertz CT molecular complexity index is 251. The van der Waals surface area contributed by atoms with E-state index < -0.39 is 0 Å². The Labute approximate surface area is 79.5 Å².